The van der Waals surface area contributed by atoms with E-state index in [-0.39, 0.29) is 29.4 Å². The predicted octanol–water partition coefficient (Wildman–Crippen LogP) is 3.82. The molecule has 0 bridgehead atoms. The van der Waals surface area contributed by atoms with Crippen LogP contribution in [0.25, 0.3) is 11.3 Å². The SMILES string of the molecule is Cc1ccc(-c2cc(C(=O)N3CCC(NC(=O)c4ccc(F)cc4)CC3)on2)cc1. The van der Waals surface area contributed by atoms with E-state index < -0.39 is 0 Å². The van der Waals surface area contributed by atoms with Crippen LogP contribution >= 0.6 is 0 Å². The lowest BCUT2D eigenvalue weighted by Gasteiger charge is -2.31. The molecular formula is C23H22FN3O3. The molecule has 1 fully saturated rings. The van der Waals surface area contributed by atoms with Crippen LogP contribution < -0.4 is 5.32 Å². The average Bonchev–Trinajstić information content (AvgIpc) is 3.25. The number of likely N-dealkylation sites (tertiary alicyclic amines) is 1. The molecule has 3 aromatic rings. The second-order valence-electron chi connectivity index (χ2n) is 7.49. The zero-order chi connectivity index (χ0) is 21.1. The van der Waals surface area contributed by atoms with Crippen molar-refractivity contribution in [3.8, 4) is 11.3 Å². The molecular weight excluding hydrogens is 385 g/mol. The molecule has 1 N–H and O–H groups in total. The quantitative estimate of drug-likeness (QED) is 0.713. The summed E-state index contributed by atoms with van der Waals surface area (Å²) in [4.78, 5) is 26.7. The minimum atomic E-state index is -0.378. The third-order valence-electron chi connectivity index (χ3n) is 5.29. The zero-order valence-electron chi connectivity index (χ0n) is 16.6. The number of hydrogen-bond donors (Lipinski definition) is 1. The van der Waals surface area contributed by atoms with Crippen molar-refractivity contribution in [2.24, 2.45) is 0 Å². The summed E-state index contributed by atoms with van der Waals surface area (Å²) in [6.45, 7) is 3.02. The second kappa shape index (κ2) is 8.49. The smallest absolute Gasteiger partial charge is 0.292 e. The third-order valence-corrected chi connectivity index (χ3v) is 5.29. The van der Waals surface area contributed by atoms with Crippen LogP contribution in [-0.4, -0.2) is 41.0 Å². The molecule has 4 rings (SSSR count). The van der Waals surface area contributed by atoms with Gasteiger partial charge in [0.15, 0.2) is 0 Å². The van der Waals surface area contributed by atoms with Gasteiger partial charge in [-0.25, -0.2) is 4.39 Å². The van der Waals surface area contributed by atoms with Gasteiger partial charge in [-0.1, -0.05) is 35.0 Å². The third kappa shape index (κ3) is 4.40. The summed E-state index contributed by atoms with van der Waals surface area (Å²) in [5, 5.41) is 6.97. The fraction of sp³-hybridized carbons (Fsp3) is 0.261. The first kappa shape index (κ1) is 19.8. The Kier molecular flexibility index (Phi) is 5.61. The lowest BCUT2D eigenvalue weighted by molar-refractivity contribution is 0.0658. The van der Waals surface area contributed by atoms with Gasteiger partial charge in [-0.15, -0.1) is 0 Å². The van der Waals surface area contributed by atoms with Gasteiger partial charge in [0.1, 0.15) is 11.5 Å². The highest BCUT2D eigenvalue weighted by molar-refractivity contribution is 5.94. The number of carbonyl (C=O) groups excluding carboxylic acids is 2. The maximum absolute atomic E-state index is 13.0. The molecule has 2 heterocycles. The van der Waals surface area contributed by atoms with Crippen molar-refractivity contribution in [3.05, 3.63) is 77.3 Å². The summed E-state index contributed by atoms with van der Waals surface area (Å²) in [6.07, 6.45) is 1.27. The lowest BCUT2D eigenvalue weighted by Crippen LogP contribution is -2.46. The summed E-state index contributed by atoms with van der Waals surface area (Å²) >= 11 is 0. The minimum Gasteiger partial charge on any atom is -0.350 e. The Hall–Kier alpha value is -3.48. The Labute approximate surface area is 173 Å². The summed E-state index contributed by atoms with van der Waals surface area (Å²) in [6, 6.07) is 14.9. The molecule has 7 heteroatoms. The van der Waals surface area contributed by atoms with Crippen molar-refractivity contribution >= 4 is 11.8 Å². The first-order valence-electron chi connectivity index (χ1n) is 9.89. The zero-order valence-corrected chi connectivity index (χ0v) is 16.6. The van der Waals surface area contributed by atoms with Gasteiger partial charge >= 0.3 is 0 Å². The van der Waals surface area contributed by atoms with Crippen molar-refractivity contribution in [1.29, 1.82) is 0 Å². The largest absolute Gasteiger partial charge is 0.350 e. The first-order valence-corrected chi connectivity index (χ1v) is 9.89. The van der Waals surface area contributed by atoms with E-state index in [0.29, 0.717) is 37.2 Å². The molecule has 2 amide bonds. The summed E-state index contributed by atoms with van der Waals surface area (Å²) in [5.41, 5.74) is 3.08. The molecule has 2 aromatic carbocycles. The number of nitrogens with zero attached hydrogens (tertiary/aromatic N) is 2. The number of aromatic nitrogens is 1. The lowest BCUT2D eigenvalue weighted by atomic mass is 10.0. The van der Waals surface area contributed by atoms with Gasteiger partial charge in [0.25, 0.3) is 11.8 Å². The molecule has 154 valence electrons. The number of nitrogens with one attached hydrogen (secondary N) is 1. The topological polar surface area (TPSA) is 75.4 Å². The van der Waals surface area contributed by atoms with E-state index in [1.165, 1.54) is 24.3 Å². The average molecular weight is 407 g/mol. The molecule has 0 aliphatic carbocycles. The highest BCUT2D eigenvalue weighted by Crippen LogP contribution is 2.21. The molecule has 1 aliphatic heterocycles. The van der Waals surface area contributed by atoms with Gasteiger partial charge in [0.05, 0.1) is 0 Å². The number of amides is 2. The molecule has 1 aromatic heterocycles. The van der Waals surface area contributed by atoms with Gasteiger partial charge in [-0.2, -0.15) is 0 Å². The highest BCUT2D eigenvalue weighted by Gasteiger charge is 2.27. The Bertz CT molecular complexity index is 1040. The maximum Gasteiger partial charge on any atom is 0.292 e. The van der Waals surface area contributed by atoms with Crippen molar-refractivity contribution in [2.75, 3.05) is 13.1 Å². The van der Waals surface area contributed by atoms with Crippen LogP contribution in [0.5, 0.6) is 0 Å². The normalized spacial score (nSPS) is 14.5. The Balaban J connectivity index is 1.33. The van der Waals surface area contributed by atoms with Gasteiger partial charge in [-0.05, 0) is 44.0 Å². The van der Waals surface area contributed by atoms with E-state index in [4.69, 9.17) is 4.52 Å². The van der Waals surface area contributed by atoms with Gasteiger partial charge in [-0.3, -0.25) is 9.59 Å². The van der Waals surface area contributed by atoms with E-state index in [1.54, 1.807) is 11.0 Å². The van der Waals surface area contributed by atoms with E-state index in [2.05, 4.69) is 10.5 Å². The standard InChI is InChI=1S/C23H22FN3O3/c1-15-2-4-16(5-3-15)20-14-21(30-26-20)23(29)27-12-10-19(11-13-27)25-22(28)17-6-8-18(24)9-7-17/h2-9,14,19H,10-13H2,1H3,(H,25,28). The van der Waals surface area contributed by atoms with Crippen LogP contribution in [0.3, 0.4) is 0 Å². The van der Waals surface area contributed by atoms with Crippen molar-refractivity contribution in [1.82, 2.24) is 15.4 Å². The summed E-state index contributed by atoms with van der Waals surface area (Å²) < 4.78 is 18.3. The second-order valence-corrected chi connectivity index (χ2v) is 7.49. The molecule has 6 nitrogen and oxygen atoms in total. The van der Waals surface area contributed by atoms with E-state index in [0.717, 1.165) is 11.1 Å². The van der Waals surface area contributed by atoms with E-state index >= 15 is 0 Å². The molecule has 1 aliphatic rings. The van der Waals surface area contributed by atoms with Gasteiger partial charge in [0, 0.05) is 36.3 Å². The highest BCUT2D eigenvalue weighted by atomic mass is 19.1. The van der Waals surface area contributed by atoms with Crippen molar-refractivity contribution < 1.29 is 18.5 Å². The number of carbonyl (C=O) groups is 2. The van der Waals surface area contributed by atoms with Crippen LogP contribution in [0, 0.1) is 12.7 Å². The number of rotatable bonds is 4. The number of halogens is 1. The Morgan fingerprint density at radius 3 is 2.40 bits per heavy atom. The fourth-order valence-electron chi connectivity index (χ4n) is 3.49. The predicted molar refractivity (Wildman–Crippen MR) is 109 cm³/mol. The van der Waals surface area contributed by atoms with Crippen LogP contribution in [0.2, 0.25) is 0 Å². The van der Waals surface area contributed by atoms with Crippen LogP contribution in [0.15, 0.2) is 59.1 Å². The van der Waals surface area contributed by atoms with Crippen LogP contribution in [-0.2, 0) is 0 Å². The monoisotopic (exact) mass is 407 g/mol. The van der Waals surface area contributed by atoms with Gasteiger partial charge < -0.3 is 14.7 Å². The molecule has 0 spiro atoms. The van der Waals surface area contributed by atoms with Gasteiger partial charge in [0.2, 0.25) is 5.76 Å². The molecule has 0 saturated carbocycles. The maximum atomic E-state index is 13.0. The van der Waals surface area contributed by atoms with Crippen LogP contribution in [0.4, 0.5) is 4.39 Å². The number of benzene rings is 2. The number of aryl methyl sites for hydroxylation is 1. The fourth-order valence-corrected chi connectivity index (χ4v) is 3.49. The minimum absolute atomic E-state index is 0.0375. The Morgan fingerprint density at radius 2 is 1.73 bits per heavy atom. The van der Waals surface area contributed by atoms with Crippen LogP contribution in [0.1, 0.15) is 39.3 Å². The molecule has 0 unspecified atom stereocenters. The molecule has 0 atom stereocenters. The summed E-state index contributed by atoms with van der Waals surface area (Å²) in [7, 11) is 0. The van der Waals surface area contributed by atoms with Crippen molar-refractivity contribution in [2.45, 2.75) is 25.8 Å². The van der Waals surface area contributed by atoms with E-state index in [1.807, 2.05) is 31.2 Å². The first-order chi connectivity index (χ1) is 14.5. The van der Waals surface area contributed by atoms with E-state index in [9.17, 15) is 14.0 Å². The number of piperidine rings is 1. The molecule has 30 heavy (non-hydrogen) atoms. The molecule has 1 saturated heterocycles. The summed E-state index contributed by atoms with van der Waals surface area (Å²) in [5.74, 6) is -0.613. The Morgan fingerprint density at radius 1 is 1.07 bits per heavy atom. The van der Waals surface area contributed by atoms with Crippen molar-refractivity contribution in [3.63, 3.8) is 0 Å². The molecule has 0 radical (unpaired) electrons. The number of hydrogen-bond acceptors (Lipinski definition) is 4.